The van der Waals surface area contributed by atoms with Gasteiger partial charge in [-0.3, -0.25) is 0 Å². The predicted octanol–water partition coefficient (Wildman–Crippen LogP) is 4.05. The molecular formula is C17H19NO2. The number of aldehydes is 1. The summed E-state index contributed by atoms with van der Waals surface area (Å²) in [4.78, 5) is 16.0. The molecule has 0 saturated carbocycles. The Labute approximate surface area is 118 Å². The molecule has 4 rings (SSSR count). The van der Waals surface area contributed by atoms with Crippen LogP contribution in [-0.2, 0) is 4.79 Å². The lowest BCUT2D eigenvalue weighted by atomic mass is 9.75. The van der Waals surface area contributed by atoms with E-state index in [0.29, 0.717) is 17.8 Å². The Bertz CT molecular complexity index is 715. The van der Waals surface area contributed by atoms with E-state index in [1.165, 1.54) is 29.5 Å². The number of hydrogen-bond donors (Lipinski definition) is 0. The van der Waals surface area contributed by atoms with E-state index in [4.69, 9.17) is 4.42 Å². The quantitative estimate of drug-likeness (QED) is 0.733. The average Bonchev–Trinajstić information content (AvgIpc) is 3.01. The lowest BCUT2D eigenvalue weighted by molar-refractivity contribution is -0.109. The van der Waals surface area contributed by atoms with Crippen molar-refractivity contribution in [3.8, 4) is 0 Å². The van der Waals surface area contributed by atoms with Crippen LogP contribution in [0.15, 0.2) is 10.8 Å². The third-order valence-corrected chi connectivity index (χ3v) is 5.61. The van der Waals surface area contributed by atoms with Crippen molar-refractivity contribution in [2.24, 2.45) is 5.92 Å². The fourth-order valence-electron chi connectivity index (χ4n) is 4.57. The first-order valence-corrected chi connectivity index (χ1v) is 7.49. The van der Waals surface area contributed by atoms with Crippen LogP contribution in [0, 0.1) is 12.8 Å². The number of benzene rings is 1. The maximum absolute atomic E-state index is 11.6. The molecule has 0 radical (unpaired) electrons. The summed E-state index contributed by atoms with van der Waals surface area (Å²) in [5.74, 6) is 1.44. The summed E-state index contributed by atoms with van der Waals surface area (Å²) in [6, 6.07) is 0. The highest BCUT2D eigenvalue weighted by Gasteiger charge is 2.44. The molecule has 104 valence electrons. The summed E-state index contributed by atoms with van der Waals surface area (Å²) < 4.78 is 5.70. The molecule has 2 aromatic rings. The molecule has 0 saturated heterocycles. The second-order valence-corrected chi connectivity index (χ2v) is 6.50. The Morgan fingerprint density at radius 2 is 2.05 bits per heavy atom. The summed E-state index contributed by atoms with van der Waals surface area (Å²) in [7, 11) is 0. The number of aryl methyl sites for hydroxylation is 1. The van der Waals surface area contributed by atoms with Crippen molar-refractivity contribution in [1.82, 2.24) is 4.98 Å². The molecule has 0 aliphatic heterocycles. The first-order valence-electron chi connectivity index (χ1n) is 7.49. The molecule has 0 fully saturated rings. The largest absolute Gasteiger partial charge is 0.443 e. The number of oxazole rings is 1. The fourth-order valence-corrected chi connectivity index (χ4v) is 4.57. The molecular weight excluding hydrogens is 250 g/mol. The lowest BCUT2D eigenvalue weighted by Gasteiger charge is -2.29. The van der Waals surface area contributed by atoms with Crippen LogP contribution >= 0.6 is 0 Å². The van der Waals surface area contributed by atoms with Crippen LogP contribution in [0.1, 0.15) is 66.7 Å². The van der Waals surface area contributed by atoms with Crippen LogP contribution < -0.4 is 0 Å². The van der Waals surface area contributed by atoms with Crippen molar-refractivity contribution in [2.45, 2.75) is 51.4 Å². The van der Waals surface area contributed by atoms with Crippen LogP contribution in [0.3, 0.4) is 0 Å². The van der Waals surface area contributed by atoms with Crippen LogP contribution in [0.5, 0.6) is 0 Å². The van der Waals surface area contributed by atoms with Crippen molar-refractivity contribution in [3.63, 3.8) is 0 Å². The van der Waals surface area contributed by atoms with Gasteiger partial charge in [-0.15, -0.1) is 0 Å². The zero-order valence-electron chi connectivity index (χ0n) is 12.1. The predicted molar refractivity (Wildman–Crippen MR) is 77.1 cm³/mol. The van der Waals surface area contributed by atoms with Crippen molar-refractivity contribution < 1.29 is 9.21 Å². The zero-order valence-corrected chi connectivity index (χ0v) is 12.1. The highest BCUT2D eigenvalue weighted by Crippen LogP contribution is 2.56. The summed E-state index contributed by atoms with van der Waals surface area (Å²) in [5, 5.41) is 0. The number of nitrogens with zero attached hydrogens (tertiary/aromatic N) is 1. The van der Waals surface area contributed by atoms with E-state index in [0.717, 1.165) is 22.9 Å². The van der Waals surface area contributed by atoms with Gasteiger partial charge in [-0.2, -0.15) is 0 Å². The highest BCUT2D eigenvalue weighted by atomic mass is 16.3. The Morgan fingerprint density at radius 1 is 1.25 bits per heavy atom. The Kier molecular flexibility index (Phi) is 2.39. The second kappa shape index (κ2) is 3.94. The minimum atomic E-state index is 0.0279. The monoisotopic (exact) mass is 269 g/mol. The normalized spacial score (nSPS) is 31.6. The number of carbonyl (C=O) groups excluding carboxylic acids is 1. The van der Waals surface area contributed by atoms with Gasteiger partial charge in [0.05, 0.1) is 0 Å². The van der Waals surface area contributed by atoms with Crippen molar-refractivity contribution in [2.75, 3.05) is 0 Å². The van der Waals surface area contributed by atoms with Gasteiger partial charge in [0.25, 0.3) is 0 Å². The van der Waals surface area contributed by atoms with Gasteiger partial charge in [-0.25, -0.2) is 4.98 Å². The van der Waals surface area contributed by atoms with Gasteiger partial charge in [0.1, 0.15) is 11.8 Å². The van der Waals surface area contributed by atoms with Gasteiger partial charge in [0.15, 0.2) is 12.0 Å². The molecule has 0 amide bonds. The van der Waals surface area contributed by atoms with Crippen LogP contribution in [0.2, 0.25) is 0 Å². The maximum atomic E-state index is 11.6. The van der Waals surface area contributed by atoms with Gasteiger partial charge >= 0.3 is 0 Å². The fraction of sp³-hybridized carbons (Fsp3) is 0.529. The molecule has 2 aliphatic rings. The molecule has 3 nitrogen and oxygen atoms in total. The van der Waals surface area contributed by atoms with E-state index >= 15 is 0 Å². The molecule has 20 heavy (non-hydrogen) atoms. The molecule has 0 spiro atoms. The van der Waals surface area contributed by atoms with Crippen molar-refractivity contribution >= 4 is 17.4 Å². The molecule has 2 aliphatic carbocycles. The number of aromatic nitrogens is 1. The third kappa shape index (κ3) is 1.26. The van der Waals surface area contributed by atoms with Crippen molar-refractivity contribution in [1.29, 1.82) is 0 Å². The van der Waals surface area contributed by atoms with Crippen LogP contribution in [0.4, 0.5) is 0 Å². The van der Waals surface area contributed by atoms with Gasteiger partial charge in [-0.05, 0) is 54.2 Å². The molecule has 1 aromatic carbocycles. The Balaban J connectivity index is 2.17. The first kappa shape index (κ1) is 12.1. The molecule has 0 unspecified atom stereocenters. The molecule has 1 heterocycles. The van der Waals surface area contributed by atoms with E-state index in [9.17, 15) is 4.79 Å². The van der Waals surface area contributed by atoms with Crippen LogP contribution in [-0.4, -0.2) is 11.3 Å². The highest BCUT2D eigenvalue weighted by molar-refractivity contribution is 5.87. The average molecular weight is 269 g/mol. The number of carbonyl (C=O) groups is 1. The summed E-state index contributed by atoms with van der Waals surface area (Å²) in [6.45, 7) is 6.57. The van der Waals surface area contributed by atoms with Crippen molar-refractivity contribution in [3.05, 3.63) is 28.6 Å². The molecule has 1 aromatic heterocycles. The smallest absolute Gasteiger partial charge is 0.182 e. The van der Waals surface area contributed by atoms with E-state index in [1.807, 2.05) is 0 Å². The van der Waals surface area contributed by atoms with Gasteiger partial charge < -0.3 is 9.21 Å². The second-order valence-electron chi connectivity index (χ2n) is 6.50. The lowest BCUT2D eigenvalue weighted by Crippen LogP contribution is -2.15. The molecule has 0 bridgehead atoms. The zero-order chi connectivity index (χ0) is 14.0. The van der Waals surface area contributed by atoms with E-state index < -0.39 is 0 Å². The molecule has 3 heteroatoms. The number of hydrogen-bond acceptors (Lipinski definition) is 3. The summed E-state index contributed by atoms with van der Waals surface area (Å²) in [6.07, 6.45) is 5.04. The molecule has 0 N–H and O–H groups in total. The van der Waals surface area contributed by atoms with E-state index in [2.05, 4.69) is 25.8 Å². The Morgan fingerprint density at radius 3 is 2.80 bits per heavy atom. The number of fused-ring (bicyclic) bond motifs is 2. The minimum Gasteiger partial charge on any atom is -0.443 e. The van der Waals surface area contributed by atoms with Gasteiger partial charge in [0.2, 0.25) is 0 Å². The van der Waals surface area contributed by atoms with E-state index in [-0.39, 0.29) is 5.92 Å². The topological polar surface area (TPSA) is 43.1 Å². The Hall–Kier alpha value is -1.64. The summed E-state index contributed by atoms with van der Waals surface area (Å²) >= 11 is 0. The number of rotatable bonds is 1. The van der Waals surface area contributed by atoms with Crippen LogP contribution in [0.25, 0.3) is 11.1 Å². The maximum Gasteiger partial charge on any atom is 0.182 e. The summed E-state index contributed by atoms with van der Waals surface area (Å²) in [5.41, 5.74) is 7.04. The van der Waals surface area contributed by atoms with E-state index in [1.54, 1.807) is 6.39 Å². The first-order chi connectivity index (χ1) is 9.65. The van der Waals surface area contributed by atoms with Gasteiger partial charge in [-0.1, -0.05) is 13.8 Å². The minimum absolute atomic E-state index is 0.0279. The standard InChI is InChI=1S/C17H19NO2/c1-8-4-5-11-9(2)12(6-19)14-10(3)16-17(20-7-18-16)13(8)15(11)14/h6-9,11-12H,4-5H2,1-3H3/t8-,9+,11+,12-/m0/s1. The van der Waals surface area contributed by atoms with Gasteiger partial charge in [0, 0.05) is 11.5 Å². The third-order valence-electron chi connectivity index (χ3n) is 5.61. The molecule has 4 atom stereocenters. The SMILES string of the molecule is Cc1c2c3c(c4ocnc14)[C@@H](C)CC[C@@H]3[C@@H](C)[C@@H]2C=O.